The van der Waals surface area contributed by atoms with E-state index >= 15 is 0 Å². The average molecular weight is 282 g/mol. The van der Waals surface area contributed by atoms with Crippen molar-refractivity contribution in [2.24, 2.45) is 5.84 Å². The number of hydrazine groups is 1. The first-order valence-electron chi connectivity index (χ1n) is 7.57. The van der Waals surface area contributed by atoms with Crippen LogP contribution in [0.2, 0.25) is 0 Å². The van der Waals surface area contributed by atoms with E-state index in [0.29, 0.717) is 5.92 Å². The Kier molecular flexibility index (Phi) is 4.81. The summed E-state index contributed by atoms with van der Waals surface area (Å²) in [6, 6.07) is 13.2. The first-order valence-corrected chi connectivity index (χ1v) is 7.57. The zero-order valence-electron chi connectivity index (χ0n) is 13.7. The van der Waals surface area contributed by atoms with Crippen molar-refractivity contribution >= 4 is 0 Å². The number of hydrogen-bond donors (Lipinski definition) is 2. The van der Waals surface area contributed by atoms with Crippen LogP contribution < -0.4 is 11.3 Å². The van der Waals surface area contributed by atoms with Gasteiger partial charge in [-0.1, -0.05) is 55.8 Å². The molecule has 0 aliphatic heterocycles. The number of hydrogen-bond acceptors (Lipinski definition) is 2. The molecule has 2 aromatic carbocycles. The summed E-state index contributed by atoms with van der Waals surface area (Å²) < 4.78 is 0. The van der Waals surface area contributed by atoms with Crippen LogP contribution in [0.5, 0.6) is 0 Å². The van der Waals surface area contributed by atoms with Crippen LogP contribution in [0, 0.1) is 20.8 Å². The summed E-state index contributed by atoms with van der Waals surface area (Å²) in [6.07, 6.45) is 0. The highest BCUT2D eigenvalue weighted by Gasteiger charge is 2.17. The van der Waals surface area contributed by atoms with Crippen molar-refractivity contribution in [2.75, 3.05) is 0 Å². The fraction of sp³-hybridized carbons (Fsp3) is 0.368. The van der Waals surface area contributed by atoms with Crippen molar-refractivity contribution < 1.29 is 0 Å². The van der Waals surface area contributed by atoms with Crippen LogP contribution >= 0.6 is 0 Å². The number of benzene rings is 2. The third kappa shape index (κ3) is 3.34. The minimum atomic E-state index is 0.0341. The monoisotopic (exact) mass is 282 g/mol. The van der Waals surface area contributed by atoms with E-state index < -0.39 is 0 Å². The van der Waals surface area contributed by atoms with Gasteiger partial charge in [0, 0.05) is 0 Å². The van der Waals surface area contributed by atoms with Crippen molar-refractivity contribution in [3.8, 4) is 0 Å². The maximum atomic E-state index is 5.86. The van der Waals surface area contributed by atoms with Gasteiger partial charge in [-0.25, -0.2) is 5.43 Å². The molecule has 2 aromatic rings. The van der Waals surface area contributed by atoms with Crippen molar-refractivity contribution in [3.63, 3.8) is 0 Å². The van der Waals surface area contributed by atoms with E-state index in [2.05, 4.69) is 76.4 Å². The van der Waals surface area contributed by atoms with Gasteiger partial charge in [0.15, 0.2) is 0 Å². The van der Waals surface area contributed by atoms with Crippen LogP contribution in [0.3, 0.4) is 0 Å². The quantitative estimate of drug-likeness (QED) is 0.648. The SMILES string of the molecule is Cc1cc(C)c(C(NN)c2ccc(C(C)C)cc2)c(C)c1. The van der Waals surface area contributed by atoms with Gasteiger partial charge in [0.2, 0.25) is 0 Å². The predicted molar refractivity (Wildman–Crippen MR) is 90.4 cm³/mol. The van der Waals surface area contributed by atoms with Crippen molar-refractivity contribution in [1.82, 2.24) is 5.43 Å². The Morgan fingerprint density at radius 3 is 1.76 bits per heavy atom. The summed E-state index contributed by atoms with van der Waals surface area (Å²) in [6.45, 7) is 10.9. The Bertz CT molecular complexity index is 589. The first kappa shape index (κ1) is 15.7. The lowest BCUT2D eigenvalue weighted by Gasteiger charge is -2.22. The molecular formula is C19H26N2. The molecule has 3 N–H and O–H groups in total. The molecule has 0 spiro atoms. The minimum absolute atomic E-state index is 0.0341. The van der Waals surface area contributed by atoms with Gasteiger partial charge in [-0.15, -0.1) is 0 Å². The zero-order chi connectivity index (χ0) is 15.6. The molecule has 1 unspecified atom stereocenters. The highest BCUT2D eigenvalue weighted by molar-refractivity contribution is 5.44. The van der Waals surface area contributed by atoms with Crippen molar-refractivity contribution in [2.45, 2.75) is 46.6 Å². The lowest BCUT2D eigenvalue weighted by molar-refractivity contribution is 0.629. The van der Waals surface area contributed by atoms with Crippen LogP contribution in [0.15, 0.2) is 36.4 Å². The second-order valence-electron chi connectivity index (χ2n) is 6.23. The molecule has 0 saturated heterocycles. The van der Waals surface area contributed by atoms with Gasteiger partial charge < -0.3 is 0 Å². The van der Waals surface area contributed by atoms with Crippen LogP contribution in [0.1, 0.15) is 59.2 Å². The van der Waals surface area contributed by atoms with E-state index in [1.807, 2.05) is 0 Å². The van der Waals surface area contributed by atoms with Gasteiger partial charge in [0.25, 0.3) is 0 Å². The Hall–Kier alpha value is -1.64. The third-order valence-electron chi connectivity index (χ3n) is 4.13. The number of rotatable bonds is 4. The Morgan fingerprint density at radius 2 is 1.33 bits per heavy atom. The van der Waals surface area contributed by atoms with E-state index in [4.69, 9.17) is 5.84 Å². The van der Waals surface area contributed by atoms with Crippen LogP contribution in [0.4, 0.5) is 0 Å². The summed E-state index contributed by atoms with van der Waals surface area (Å²) in [7, 11) is 0. The number of aryl methyl sites for hydroxylation is 3. The van der Waals surface area contributed by atoms with E-state index in [1.165, 1.54) is 33.4 Å². The van der Waals surface area contributed by atoms with Gasteiger partial charge in [-0.3, -0.25) is 5.84 Å². The molecule has 21 heavy (non-hydrogen) atoms. The van der Waals surface area contributed by atoms with Gasteiger partial charge in [0.05, 0.1) is 6.04 Å². The summed E-state index contributed by atoms with van der Waals surface area (Å²) in [4.78, 5) is 0. The molecule has 0 bridgehead atoms. The standard InChI is InChI=1S/C19H26N2/c1-12(2)16-6-8-17(9-7-16)19(21-20)18-14(4)10-13(3)11-15(18)5/h6-12,19,21H,20H2,1-5H3. The average Bonchev–Trinajstić information content (AvgIpc) is 2.42. The lowest BCUT2D eigenvalue weighted by Crippen LogP contribution is -2.30. The zero-order valence-corrected chi connectivity index (χ0v) is 13.7. The van der Waals surface area contributed by atoms with Crippen LogP contribution in [-0.2, 0) is 0 Å². The molecule has 0 saturated carbocycles. The Balaban J connectivity index is 2.45. The molecule has 0 heterocycles. The van der Waals surface area contributed by atoms with E-state index in [0.717, 1.165) is 0 Å². The predicted octanol–water partition coefficient (Wildman–Crippen LogP) is 4.29. The second kappa shape index (κ2) is 6.42. The summed E-state index contributed by atoms with van der Waals surface area (Å²) in [5.74, 6) is 6.41. The van der Waals surface area contributed by atoms with Crippen molar-refractivity contribution in [3.05, 3.63) is 69.8 Å². The van der Waals surface area contributed by atoms with Crippen LogP contribution in [0.25, 0.3) is 0 Å². The highest BCUT2D eigenvalue weighted by atomic mass is 15.2. The molecule has 0 radical (unpaired) electrons. The Labute approximate surface area is 128 Å². The van der Waals surface area contributed by atoms with E-state index in [-0.39, 0.29) is 6.04 Å². The molecule has 1 atom stereocenters. The van der Waals surface area contributed by atoms with Gasteiger partial charge in [-0.05, 0) is 54.5 Å². The molecule has 0 fully saturated rings. The molecule has 0 aliphatic carbocycles. The van der Waals surface area contributed by atoms with Crippen molar-refractivity contribution in [1.29, 1.82) is 0 Å². The summed E-state index contributed by atoms with van der Waals surface area (Å²) in [5.41, 5.74) is 10.7. The number of nitrogens with one attached hydrogen (secondary N) is 1. The molecule has 0 amide bonds. The molecule has 0 aromatic heterocycles. The Morgan fingerprint density at radius 1 is 0.857 bits per heavy atom. The van der Waals surface area contributed by atoms with Crippen LogP contribution in [-0.4, -0.2) is 0 Å². The summed E-state index contributed by atoms with van der Waals surface area (Å²) >= 11 is 0. The fourth-order valence-corrected chi connectivity index (χ4v) is 3.07. The molecular weight excluding hydrogens is 256 g/mol. The minimum Gasteiger partial charge on any atom is -0.271 e. The maximum absolute atomic E-state index is 5.86. The highest BCUT2D eigenvalue weighted by Crippen LogP contribution is 2.29. The largest absolute Gasteiger partial charge is 0.271 e. The van der Waals surface area contributed by atoms with E-state index in [1.54, 1.807) is 0 Å². The second-order valence-corrected chi connectivity index (χ2v) is 6.23. The third-order valence-corrected chi connectivity index (χ3v) is 4.13. The molecule has 2 heteroatoms. The molecule has 2 rings (SSSR count). The molecule has 112 valence electrons. The summed E-state index contributed by atoms with van der Waals surface area (Å²) in [5, 5.41) is 0. The lowest BCUT2D eigenvalue weighted by atomic mass is 9.89. The van der Waals surface area contributed by atoms with Gasteiger partial charge in [0.1, 0.15) is 0 Å². The molecule has 2 nitrogen and oxygen atoms in total. The maximum Gasteiger partial charge on any atom is 0.0715 e. The topological polar surface area (TPSA) is 38.0 Å². The van der Waals surface area contributed by atoms with E-state index in [9.17, 15) is 0 Å². The normalized spacial score (nSPS) is 12.7. The first-order chi connectivity index (χ1) is 9.93. The fourth-order valence-electron chi connectivity index (χ4n) is 3.07. The van der Waals surface area contributed by atoms with Gasteiger partial charge >= 0.3 is 0 Å². The molecule has 0 aliphatic rings. The smallest absolute Gasteiger partial charge is 0.0715 e. The van der Waals surface area contributed by atoms with Gasteiger partial charge in [-0.2, -0.15) is 0 Å². The number of nitrogens with two attached hydrogens (primary N) is 1.